The van der Waals surface area contributed by atoms with Crippen molar-refractivity contribution in [2.45, 2.75) is 20.0 Å². The van der Waals surface area contributed by atoms with E-state index in [2.05, 4.69) is 35.4 Å². The van der Waals surface area contributed by atoms with Gasteiger partial charge in [-0.05, 0) is 32.0 Å². The monoisotopic (exact) mass is 495 g/mol. The van der Waals surface area contributed by atoms with Gasteiger partial charge in [0, 0.05) is 66.7 Å². The molecule has 1 aromatic carbocycles. The van der Waals surface area contributed by atoms with Gasteiger partial charge in [0.15, 0.2) is 0 Å². The molecule has 0 radical (unpaired) electrons. The minimum Gasteiger partial charge on any atom is -0.486 e. The van der Waals surface area contributed by atoms with Crippen LogP contribution in [0.3, 0.4) is 0 Å². The van der Waals surface area contributed by atoms with Gasteiger partial charge in [-0.1, -0.05) is 23.2 Å². The molecule has 34 heavy (non-hydrogen) atoms. The summed E-state index contributed by atoms with van der Waals surface area (Å²) in [5.41, 5.74) is 4.38. The van der Waals surface area contributed by atoms with Gasteiger partial charge in [-0.2, -0.15) is 5.10 Å². The average molecular weight is 496 g/mol. The molecule has 174 valence electrons. The van der Waals surface area contributed by atoms with E-state index in [4.69, 9.17) is 27.9 Å². The predicted octanol–water partition coefficient (Wildman–Crippen LogP) is 4.58. The number of H-pyrrole nitrogens is 1. The van der Waals surface area contributed by atoms with Crippen LogP contribution in [0.25, 0.3) is 22.2 Å². The molecule has 2 aliphatic heterocycles. The van der Waals surface area contributed by atoms with Crippen LogP contribution in [0.2, 0.25) is 10.0 Å². The molecule has 1 atom stereocenters. The molecular formula is C24H23Cl2N7O. The van der Waals surface area contributed by atoms with Crippen molar-refractivity contribution in [2.24, 2.45) is 5.41 Å². The van der Waals surface area contributed by atoms with E-state index in [1.54, 1.807) is 6.20 Å². The number of benzene rings is 1. The molecule has 6 rings (SSSR count). The van der Waals surface area contributed by atoms with Crippen molar-refractivity contribution in [2.75, 3.05) is 31.1 Å². The molecule has 2 saturated heterocycles. The summed E-state index contributed by atoms with van der Waals surface area (Å²) in [5.74, 6) is 1.45. The number of halogens is 2. The van der Waals surface area contributed by atoms with Gasteiger partial charge in [0.25, 0.3) is 0 Å². The third-order valence-electron chi connectivity index (χ3n) is 6.68. The van der Waals surface area contributed by atoms with Crippen LogP contribution < -0.4 is 15.0 Å². The first-order valence-corrected chi connectivity index (χ1v) is 11.9. The van der Waals surface area contributed by atoms with E-state index >= 15 is 0 Å². The van der Waals surface area contributed by atoms with Crippen LogP contribution in [0.15, 0.2) is 36.8 Å². The summed E-state index contributed by atoms with van der Waals surface area (Å²) in [6, 6.07) is 5.79. The number of anilines is 1. The fourth-order valence-corrected chi connectivity index (χ4v) is 5.37. The summed E-state index contributed by atoms with van der Waals surface area (Å²) >= 11 is 12.8. The molecule has 1 spiro atoms. The fourth-order valence-electron chi connectivity index (χ4n) is 4.72. The van der Waals surface area contributed by atoms with E-state index < -0.39 is 0 Å². The Hall–Kier alpha value is -2.94. The van der Waals surface area contributed by atoms with Crippen molar-refractivity contribution in [1.29, 1.82) is 0 Å². The number of hydrogen-bond acceptors (Lipinski definition) is 7. The van der Waals surface area contributed by atoms with Gasteiger partial charge in [0.1, 0.15) is 17.5 Å². The van der Waals surface area contributed by atoms with Crippen LogP contribution in [0, 0.1) is 12.3 Å². The molecule has 2 N–H and O–H groups in total. The number of aryl methyl sites for hydroxylation is 1. The summed E-state index contributed by atoms with van der Waals surface area (Å²) < 4.78 is 6.21. The maximum absolute atomic E-state index is 6.46. The molecule has 0 saturated carbocycles. The van der Waals surface area contributed by atoms with Crippen LogP contribution in [-0.4, -0.2) is 51.3 Å². The maximum atomic E-state index is 6.46. The Kier molecular flexibility index (Phi) is 5.13. The van der Waals surface area contributed by atoms with Gasteiger partial charge < -0.3 is 15.0 Å². The van der Waals surface area contributed by atoms with Crippen molar-refractivity contribution < 1.29 is 4.74 Å². The zero-order valence-electron chi connectivity index (χ0n) is 18.8. The van der Waals surface area contributed by atoms with Gasteiger partial charge in [-0.3, -0.25) is 10.1 Å². The Bertz CT molecular complexity index is 1380. The third-order valence-corrected chi connectivity index (χ3v) is 7.46. The highest BCUT2D eigenvalue weighted by atomic mass is 35.5. The summed E-state index contributed by atoms with van der Waals surface area (Å²) in [5, 5.41) is 12.9. The minimum absolute atomic E-state index is 0.359. The van der Waals surface area contributed by atoms with Crippen LogP contribution in [-0.2, 0) is 0 Å². The van der Waals surface area contributed by atoms with Crippen molar-refractivity contribution >= 4 is 40.1 Å². The summed E-state index contributed by atoms with van der Waals surface area (Å²) in [4.78, 5) is 15.6. The van der Waals surface area contributed by atoms with E-state index in [1.807, 2.05) is 44.4 Å². The summed E-state index contributed by atoms with van der Waals surface area (Å²) in [7, 11) is 0. The lowest BCUT2D eigenvalue weighted by Gasteiger charge is -2.55. The van der Waals surface area contributed by atoms with E-state index in [1.165, 1.54) is 0 Å². The second-order valence-electron chi connectivity index (χ2n) is 9.19. The number of fused-ring (bicyclic) bond motifs is 1. The molecule has 4 aromatic rings. The lowest BCUT2D eigenvalue weighted by atomic mass is 9.75. The minimum atomic E-state index is -0.359. The summed E-state index contributed by atoms with van der Waals surface area (Å²) in [6.07, 6.45) is 4.90. The molecule has 5 heterocycles. The number of nitrogens with one attached hydrogen (secondary N) is 2. The topological polar surface area (TPSA) is 91.8 Å². The van der Waals surface area contributed by atoms with Crippen LogP contribution in [0.4, 0.5) is 5.95 Å². The van der Waals surface area contributed by atoms with Crippen molar-refractivity contribution in [3.05, 3.63) is 58.1 Å². The van der Waals surface area contributed by atoms with Crippen molar-refractivity contribution in [1.82, 2.24) is 30.5 Å². The second kappa shape index (κ2) is 8.08. The number of aromatic amines is 1. The lowest BCUT2D eigenvalue weighted by molar-refractivity contribution is 0.119. The van der Waals surface area contributed by atoms with Crippen molar-refractivity contribution in [3.63, 3.8) is 0 Å². The molecule has 0 aliphatic carbocycles. The van der Waals surface area contributed by atoms with Crippen molar-refractivity contribution in [3.8, 4) is 17.0 Å². The van der Waals surface area contributed by atoms with Gasteiger partial charge in [-0.15, -0.1) is 0 Å². The maximum Gasteiger partial charge on any atom is 0.225 e. The number of nitrogens with zero attached hydrogens (tertiary/aromatic N) is 5. The first-order chi connectivity index (χ1) is 16.4. The number of ether oxygens (including phenoxy) is 1. The third kappa shape index (κ3) is 3.57. The second-order valence-corrected chi connectivity index (χ2v) is 9.98. The Balaban J connectivity index is 1.24. The molecule has 10 heteroatoms. The highest BCUT2D eigenvalue weighted by Gasteiger charge is 2.48. The normalized spacial score (nSPS) is 17.5. The zero-order valence-corrected chi connectivity index (χ0v) is 20.3. The highest BCUT2D eigenvalue weighted by Crippen LogP contribution is 2.37. The lowest BCUT2D eigenvalue weighted by Crippen LogP contribution is -2.71. The molecule has 0 amide bonds. The Morgan fingerprint density at radius 2 is 1.85 bits per heavy atom. The van der Waals surface area contributed by atoms with Gasteiger partial charge >= 0.3 is 0 Å². The molecule has 3 aromatic heterocycles. The first-order valence-electron chi connectivity index (χ1n) is 11.2. The first kappa shape index (κ1) is 21.6. The number of aromatic nitrogens is 5. The summed E-state index contributed by atoms with van der Waals surface area (Å²) in [6.45, 7) is 7.95. The zero-order chi connectivity index (χ0) is 23.4. The number of hydrogen-bond donors (Lipinski definition) is 2. The van der Waals surface area contributed by atoms with Gasteiger partial charge in [0.2, 0.25) is 5.95 Å². The average Bonchev–Trinajstić information content (AvgIpc) is 3.18. The molecular weight excluding hydrogens is 473 g/mol. The SMILES string of the molecule is Cc1ncc(Cl)c(C(C)Oc2ccc3[nH]nc(-c4cnc(N5CC6(CNC6)C5)nc4)c3c2)c1Cl. The molecule has 2 fully saturated rings. The van der Waals surface area contributed by atoms with Gasteiger partial charge in [0.05, 0.1) is 21.3 Å². The Labute approximate surface area is 206 Å². The largest absolute Gasteiger partial charge is 0.486 e. The Morgan fingerprint density at radius 3 is 2.56 bits per heavy atom. The fraction of sp³-hybridized carbons (Fsp3) is 0.333. The van der Waals surface area contributed by atoms with E-state index in [9.17, 15) is 0 Å². The van der Waals surface area contributed by atoms with Crippen LogP contribution >= 0.6 is 23.2 Å². The van der Waals surface area contributed by atoms with E-state index in [-0.39, 0.29) is 6.10 Å². The predicted molar refractivity (Wildman–Crippen MR) is 133 cm³/mol. The Morgan fingerprint density at radius 1 is 1.09 bits per heavy atom. The number of rotatable bonds is 5. The smallest absolute Gasteiger partial charge is 0.225 e. The quantitative estimate of drug-likeness (QED) is 0.418. The molecule has 0 bridgehead atoms. The molecule has 1 unspecified atom stereocenters. The number of pyridine rings is 1. The van der Waals surface area contributed by atoms with Crippen LogP contribution in [0.5, 0.6) is 5.75 Å². The van der Waals surface area contributed by atoms with Crippen LogP contribution in [0.1, 0.15) is 24.3 Å². The highest BCUT2D eigenvalue weighted by molar-refractivity contribution is 6.36. The van der Waals surface area contributed by atoms with Gasteiger partial charge in [-0.25, -0.2) is 9.97 Å². The molecule has 8 nitrogen and oxygen atoms in total. The standard InChI is InChI=1S/C24H23Cl2N7O/c1-13-21(26)20(18(25)8-28-13)14(2)34-16-3-4-19-17(5-16)22(32-31-19)15-6-29-23(30-7-15)33-11-24(12-33)9-27-10-24/h3-8,14,27H,9-12H2,1-2H3,(H,31,32). The van der Waals surface area contributed by atoms with E-state index in [0.717, 1.165) is 59.9 Å². The van der Waals surface area contributed by atoms with E-state index in [0.29, 0.717) is 26.9 Å². The molecule has 2 aliphatic rings.